The number of alkyl halides is 3. The minimum atomic E-state index is -4.44. The average molecular weight is 527 g/mol. The molecule has 0 radical (unpaired) electrons. The Morgan fingerprint density at radius 3 is 2.61 bits per heavy atom. The molecule has 0 aromatic heterocycles. The molecule has 2 bridgehead atoms. The number of hydrogen-bond donors (Lipinski definition) is 2. The molecule has 200 valence electrons. The molecule has 2 aromatic carbocycles. The molecule has 6 nitrogen and oxygen atoms in total. The van der Waals surface area contributed by atoms with Crippen LogP contribution in [-0.2, 0) is 22.8 Å². The Labute approximate surface area is 219 Å². The van der Waals surface area contributed by atoms with Crippen LogP contribution >= 0.6 is 0 Å². The van der Waals surface area contributed by atoms with Crippen molar-refractivity contribution in [1.29, 1.82) is 0 Å². The third-order valence-electron chi connectivity index (χ3n) is 9.35. The first kappa shape index (κ1) is 25.1. The number of phenols is 1. The number of carbonyl (C=O) groups is 1. The Bertz CT molecular complexity index is 1380. The number of likely N-dealkylation sites (N-methyl/N-ethyl adjacent to an activating group) is 2. The molecule has 2 aromatic rings. The van der Waals surface area contributed by atoms with Crippen molar-refractivity contribution < 1.29 is 32.9 Å². The van der Waals surface area contributed by atoms with Crippen LogP contribution in [0.15, 0.2) is 36.4 Å². The summed E-state index contributed by atoms with van der Waals surface area (Å²) >= 11 is 0. The summed E-state index contributed by atoms with van der Waals surface area (Å²) in [5.41, 5.74) is -0.442. The van der Waals surface area contributed by atoms with Crippen LogP contribution < -0.4 is 4.74 Å². The fraction of sp³-hybridized carbons (Fsp3) is 0.483. The van der Waals surface area contributed by atoms with Crippen molar-refractivity contribution in [1.82, 2.24) is 9.80 Å². The molecule has 9 heteroatoms. The number of aromatic hydroxyl groups is 1. The van der Waals surface area contributed by atoms with Gasteiger partial charge in [0.05, 0.1) is 22.6 Å². The number of amides is 1. The van der Waals surface area contributed by atoms with Gasteiger partial charge in [-0.25, -0.2) is 0 Å². The van der Waals surface area contributed by atoms with E-state index in [1.54, 1.807) is 13.1 Å². The maximum atomic E-state index is 13.3. The zero-order valence-electron chi connectivity index (χ0n) is 21.3. The Balaban J connectivity index is 1.36. The average Bonchev–Trinajstić information content (AvgIpc) is 3.21. The summed E-state index contributed by atoms with van der Waals surface area (Å²) in [5, 5.41) is 23.1. The van der Waals surface area contributed by atoms with Crippen molar-refractivity contribution in [2.24, 2.45) is 5.92 Å². The number of aliphatic hydroxyl groups is 1. The van der Waals surface area contributed by atoms with Crippen LogP contribution in [0.2, 0.25) is 0 Å². The normalized spacial score (nSPS) is 33.0. The van der Waals surface area contributed by atoms with E-state index in [0.29, 0.717) is 30.6 Å². The lowest BCUT2D eigenvalue weighted by molar-refractivity contribution is -0.208. The van der Waals surface area contributed by atoms with Gasteiger partial charge >= 0.3 is 6.18 Å². The topological polar surface area (TPSA) is 73.2 Å². The third kappa shape index (κ3) is 3.26. The van der Waals surface area contributed by atoms with Gasteiger partial charge in [0.25, 0.3) is 5.91 Å². The second-order valence-corrected chi connectivity index (χ2v) is 11.2. The van der Waals surface area contributed by atoms with Gasteiger partial charge in [-0.1, -0.05) is 18.9 Å². The quantitative estimate of drug-likeness (QED) is 0.558. The summed E-state index contributed by atoms with van der Waals surface area (Å²) in [7, 11) is 3.67. The smallest absolute Gasteiger partial charge is 0.416 e. The van der Waals surface area contributed by atoms with Gasteiger partial charge in [-0.15, -0.1) is 0 Å². The number of rotatable bonds is 1. The molecule has 2 heterocycles. The van der Waals surface area contributed by atoms with Gasteiger partial charge in [-0.2, -0.15) is 13.2 Å². The molecule has 1 spiro atoms. The zero-order valence-corrected chi connectivity index (χ0v) is 21.3. The van der Waals surface area contributed by atoms with Crippen LogP contribution in [0, 0.1) is 17.8 Å². The van der Waals surface area contributed by atoms with Crippen molar-refractivity contribution >= 4 is 5.91 Å². The standard InChI is InChI=1S/C29H29F3N2O4/c1-16-15-28(37)21-14-18-7-10-20(35)25-23(18)27(28,12-13-33(21)2)26(38-25)24(16)34(3)22(36)11-6-17-4-8-19(9-5-17)29(30,31)32/h4-5,7-10,16,21,24,26,35,37H,12-15H2,1-3H3/t16-,21-,24+,26+,27+,28-/m1/s1. The van der Waals surface area contributed by atoms with E-state index in [1.807, 2.05) is 20.0 Å². The van der Waals surface area contributed by atoms with E-state index in [9.17, 15) is 28.2 Å². The van der Waals surface area contributed by atoms with Crippen LogP contribution in [0.1, 0.15) is 42.0 Å². The SMILES string of the molecule is C[C@@H]1C[C@@]2(O)[C@H]3Cc4ccc(O)c5c4[C@@]2(CCN3C)[C@@H](O5)[C@H]1N(C)C(=O)C#Cc1ccc(C(F)(F)F)cc1. The van der Waals surface area contributed by atoms with Gasteiger partial charge in [0.15, 0.2) is 11.5 Å². The maximum absolute atomic E-state index is 13.3. The van der Waals surface area contributed by atoms with Crippen LogP contribution in [0.4, 0.5) is 13.2 Å². The van der Waals surface area contributed by atoms with Crippen molar-refractivity contribution in [3.63, 3.8) is 0 Å². The number of piperidine rings is 1. The fourth-order valence-electron chi connectivity index (χ4n) is 7.68. The van der Waals surface area contributed by atoms with E-state index in [-0.39, 0.29) is 17.7 Å². The molecule has 0 unspecified atom stereocenters. The van der Waals surface area contributed by atoms with Gasteiger partial charge in [0, 0.05) is 30.1 Å². The third-order valence-corrected chi connectivity index (χ3v) is 9.35. The first-order valence-electron chi connectivity index (χ1n) is 12.8. The fourth-order valence-corrected chi connectivity index (χ4v) is 7.68. The predicted molar refractivity (Wildman–Crippen MR) is 133 cm³/mol. The second-order valence-electron chi connectivity index (χ2n) is 11.2. The molecule has 2 aliphatic carbocycles. The number of hydrogen-bond acceptors (Lipinski definition) is 5. The van der Waals surface area contributed by atoms with Crippen LogP contribution in [0.25, 0.3) is 0 Å². The van der Waals surface area contributed by atoms with E-state index < -0.39 is 40.8 Å². The highest BCUT2D eigenvalue weighted by Crippen LogP contribution is 2.66. The predicted octanol–water partition coefficient (Wildman–Crippen LogP) is 3.32. The van der Waals surface area contributed by atoms with E-state index in [4.69, 9.17) is 4.74 Å². The first-order chi connectivity index (χ1) is 17.9. The summed E-state index contributed by atoms with van der Waals surface area (Å²) in [6.07, 6.45) is -3.31. The number of nitrogens with zero attached hydrogens (tertiary/aromatic N) is 2. The second kappa shape index (κ2) is 8.14. The zero-order chi connectivity index (χ0) is 27.2. The van der Waals surface area contributed by atoms with Crippen molar-refractivity contribution in [2.75, 3.05) is 20.6 Å². The van der Waals surface area contributed by atoms with Crippen LogP contribution in [0.3, 0.4) is 0 Å². The highest BCUT2D eigenvalue weighted by Gasteiger charge is 2.74. The summed E-state index contributed by atoms with van der Waals surface area (Å²) in [5.74, 6) is 5.03. The lowest BCUT2D eigenvalue weighted by Crippen LogP contribution is -2.79. The van der Waals surface area contributed by atoms with Crippen molar-refractivity contribution in [3.8, 4) is 23.3 Å². The summed E-state index contributed by atoms with van der Waals surface area (Å²) < 4.78 is 45.1. The number of likely N-dealkylation sites (tertiary alicyclic amines) is 1. The van der Waals surface area contributed by atoms with E-state index >= 15 is 0 Å². The first-order valence-corrected chi connectivity index (χ1v) is 12.8. The molecule has 1 saturated heterocycles. The lowest BCUT2D eigenvalue weighted by Gasteiger charge is -2.65. The Hall–Kier alpha value is -3.22. The monoisotopic (exact) mass is 526 g/mol. The van der Waals surface area contributed by atoms with E-state index in [0.717, 1.165) is 29.8 Å². The molecule has 4 aliphatic rings. The van der Waals surface area contributed by atoms with E-state index in [1.165, 1.54) is 17.0 Å². The molecule has 1 saturated carbocycles. The molecule has 6 atom stereocenters. The van der Waals surface area contributed by atoms with Gasteiger partial charge in [0.1, 0.15) is 6.10 Å². The molecule has 6 rings (SSSR count). The number of phenolic OH excluding ortho intramolecular Hbond substituents is 1. The molecule has 1 amide bonds. The minimum absolute atomic E-state index is 0.0229. The number of ether oxygens (including phenoxy) is 1. The highest BCUT2D eigenvalue weighted by atomic mass is 19.4. The summed E-state index contributed by atoms with van der Waals surface area (Å²) in [6, 6.07) is 7.35. The lowest BCUT2D eigenvalue weighted by atomic mass is 9.47. The molecular formula is C29H29F3N2O4. The Morgan fingerprint density at radius 2 is 1.92 bits per heavy atom. The molecular weight excluding hydrogens is 497 g/mol. The Kier molecular flexibility index (Phi) is 5.37. The molecule has 2 N–H and O–H groups in total. The Morgan fingerprint density at radius 1 is 1.21 bits per heavy atom. The van der Waals surface area contributed by atoms with Crippen LogP contribution in [-0.4, -0.2) is 70.3 Å². The van der Waals surface area contributed by atoms with Crippen LogP contribution in [0.5, 0.6) is 11.5 Å². The number of benzene rings is 2. The molecule has 2 aliphatic heterocycles. The largest absolute Gasteiger partial charge is 0.504 e. The highest BCUT2D eigenvalue weighted by molar-refractivity contribution is 5.94. The molecule has 38 heavy (non-hydrogen) atoms. The molecule has 2 fully saturated rings. The van der Waals surface area contributed by atoms with Gasteiger partial charge in [-0.05, 0) is 74.7 Å². The van der Waals surface area contributed by atoms with Gasteiger partial charge in [0.2, 0.25) is 0 Å². The van der Waals surface area contributed by atoms with Gasteiger partial charge < -0.3 is 24.7 Å². The van der Waals surface area contributed by atoms with Gasteiger partial charge in [-0.3, -0.25) is 4.79 Å². The van der Waals surface area contributed by atoms with Crippen molar-refractivity contribution in [2.45, 2.75) is 61.6 Å². The van der Waals surface area contributed by atoms with E-state index in [2.05, 4.69) is 16.7 Å². The van der Waals surface area contributed by atoms with Crippen molar-refractivity contribution in [3.05, 3.63) is 58.7 Å². The minimum Gasteiger partial charge on any atom is -0.504 e. The number of halogens is 3. The summed E-state index contributed by atoms with van der Waals surface area (Å²) in [4.78, 5) is 17.0. The number of carbonyl (C=O) groups excluding carboxylic acids is 1. The summed E-state index contributed by atoms with van der Waals surface area (Å²) in [6.45, 7) is 2.73. The maximum Gasteiger partial charge on any atom is 0.416 e.